The Morgan fingerprint density at radius 1 is 0.426 bits per heavy atom. The maximum absolute atomic E-state index is 8.77. The lowest BCUT2D eigenvalue weighted by molar-refractivity contribution is 1.10. The first-order valence-corrected chi connectivity index (χ1v) is 15.7. The van der Waals surface area contributed by atoms with Gasteiger partial charge in [-0.1, -0.05) is 152 Å². The molecule has 9 aromatic rings. The number of rotatable bonds is 5. The molecule has 47 heavy (non-hydrogen) atoms. The monoisotopic (exact) mass is 603 g/mol. The summed E-state index contributed by atoms with van der Waals surface area (Å²) >= 11 is 0. The summed E-state index contributed by atoms with van der Waals surface area (Å²) in [6.45, 7) is 0. The largest absolute Gasteiger partial charge is 0.292 e. The third kappa shape index (κ3) is 4.62. The highest BCUT2D eigenvalue weighted by atomic mass is 15.1. The fraction of sp³-hybridized carbons (Fsp3) is 0. The van der Waals surface area contributed by atoms with E-state index >= 15 is 0 Å². The van der Waals surface area contributed by atoms with E-state index in [0.29, 0.717) is 16.9 Å². The molecule has 2 heteroatoms. The molecule has 0 aliphatic heterocycles. The predicted molar refractivity (Wildman–Crippen MR) is 198 cm³/mol. The molecule has 0 saturated carbocycles. The first-order chi connectivity index (χ1) is 25.4. The van der Waals surface area contributed by atoms with Crippen LogP contribution < -0.4 is 0 Å². The standard InChI is InChI=1S/C45H30N2/c1-4-14-31(15-5-1)35-28-29-39-40(30-35)44(32-16-6-2-7-17-32)38-21-11-10-20-37(38)43(39)33-24-26-34(27-25-33)45-46-41-22-12-13-23-42(41)47(45)36-18-8-3-9-19-36/h1-30H/i3D,8D,9D,18D,19D. The van der Waals surface area contributed by atoms with Crippen molar-refractivity contribution in [2.75, 3.05) is 0 Å². The Morgan fingerprint density at radius 2 is 0.957 bits per heavy atom. The summed E-state index contributed by atoms with van der Waals surface area (Å²) in [7, 11) is 0. The lowest BCUT2D eigenvalue weighted by Gasteiger charge is -2.19. The highest BCUT2D eigenvalue weighted by Gasteiger charge is 2.19. The molecule has 220 valence electrons. The van der Waals surface area contributed by atoms with Gasteiger partial charge in [0, 0.05) is 11.3 Å². The van der Waals surface area contributed by atoms with Crippen molar-refractivity contribution in [3.8, 4) is 50.5 Å². The van der Waals surface area contributed by atoms with E-state index in [1.54, 1.807) is 4.57 Å². The Morgan fingerprint density at radius 3 is 1.68 bits per heavy atom. The zero-order chi connectivity index (χ0) is 35.5. The molecule has 0 aliphatic carbocycles. The van der Waals surface area contributed by atoms with Crippen molar-refractivity contribution in [3.63, 3.8) is 0 Å². The van der Waals surface area contributed by atoms with Crippen LogP contribution in [0.3, 0.4) is 0 Å². The van der Waals surface area contributed by atoms with Crippen LogP contribution in [0.5, 0.6) is 0 Å². The quantitative estimate of drug-likeness (QED) is 0.179. The summed E-state index contributed by atoms with van der Waals surface area (Å²) in [5, 5.41) is 4.60. The molecule has 2 nitrogen and oxygen atoms in total. The van der Waals surface area contributed by atoms with Crippen molar-refractivity contribution in [3.05, 3.63) is 182 Å². The maximum Gasteiger partial charge on any atom is 0.145 e. The van der Waals surface area contributed by atoms with E-state index in [4.69, 9.17) is 11.8 Å². The Balaban J connectivity index is 1.28. The molecule has 0 fully saturated rings. The van der Waals surface area contributed by atoms with Gasteiger partial charge in [0.05, 0.1) is 17.9 Å². The summed E-state index contributed by atoms with van der Waals surface area (Å²) in [6.07, 6.45) is 0. The van der Waals surface area contributed by atoms with Gasteiger partial charge in [-0.15, -0.1) is 0 Å². The van der Waals surface area contributed by atoms with Gasteiger partial charge in [0.15, 0.2) is 0 Å². The number of hydrogen-bond donors (Lipinski definition) is 0. The fourth-order valence-electron chi connectivity index (χ4n) is 6.80. The average molecular weight is 604 g/mol. The molecule has 0 bridgehead atoms. The topological polar surface area (TPSA) is 17.8 Å². The molecule has 0 spiro atoms. The Bertz CT molecular complexity index is 2800. The molecule has 1 aromatic heterocycles. The molecule has 1 heterocycles. The van der Waals surface area contributed by atoms with E-state index in [-0.39, 0.29) is 29.9 Å². The summed E-state index contributed by atoms with van der Waals surface area (Å²) in [5.74, 6) is 0.493. The van der Waals surface area contributed by atoms with Crippen LogP contribution in [0.25, 0.3) is 83.0 Å². The van der Waals surface area contributed by atoms with Crippen LogP contribution in [0.1, 0.15) is 6.85 Å². The number of hydrogen-bond acceptors (Lipinski definition) is 1. The molecule has 0 N–H and O–H groups in total. The molecule has 9 rings (SSSR count). The van der Waals surface area contributed by atoms with Crippen LogP contribution in [-0.4, -0.2) is 9.55 Å². The molecule has 0 atom stereocenters. The SMILES string of the molecule is [2H]c1c([2H])c([2H])c(-n2c(-c3ccc(-c4c5ccccc5c(-c5ccccc5)c5cc(-c6ccccc6)ccc45)cc3)nc3ccccc32)c([2H])c1[2H]. The van der Waals surface area contributed by atoms with Gasteiger partial charge >= 0.3 is 0 Å². The van der Waals surface area contributed by atoms with Gasteiger partial charge in [0.2, 0.25) is 0 Å². The lowest BCUT2D eigenvalue weighted by Crippen LogP contribution is -1.97. The van der Waals surface area contributed by atoms with Gasteiger partial charge in [-0.3, -0.25) is 4.57 Å². The molecule has 0 aliphatic rings. The van der Waals surface area contributed by atoms with Crippen LogP contribution in [0.15, 0.2) is 182 Å². The van der Waals surface area contributed by atoms with E-state index < -0.39 is 6.04 Å². The van der Waals surface area contributed by atoms with Crippen LogP contribution >= 0.6 is 0 Å². The number of para-hydroxylation sites is 3. The van der Waals surface area contributed by atoms with Gasteiger partial charge < -0.3 is 0 Å². The number of imidazole rings is 1. The van der Waals surface area contributed by atoms with Crippen molar-refractivity contribution >= 4 is 32.6 Å². The number of aromatic nitrogens is 2. The summed E-state index contributed by atoms with van der Waals surface area (Å²) in [5.41, 5.74) is 8.95. The van der Waals surface area contributed by atoms with E-state index in [1.807, 2.05) is 48.5 Å². The molecule has 8 aromatic carbocycles. The molecule has 0 radical (unpaired) electrons. The number of benzene rings is 8. The Labute approximate surface area is 280 Å². The van der Waals surface area contributed by atoms with Crippen LogP contribution in [0.2, 0.25) is 0 Å². The van der Waals surface area contributed by atoms with Crippen LogP contribution in [0.4, 0.5) is 0 Å². The van der Waals surface area contributed by atoms with Crippen molar-refractivity contribution in [1.82, 2.24) is 9.55 Å². The Hall–Kier alpha value is -6.25. The van der Waals surface area contributed by atoms with E-state index in [9.17, 15) is 0 Å². The first-order valence-electron chi connectivity index (χ1n) is 18.2. The minimum atomic E-state index is -0.428. The van der Waals surface area contributed by atoms with Gasteiger partial charge in [0.25, 0.3) is 0 Å². The molecule has 0 amide bonds. The first kappa shape index (κ1) is 22.3. The number of nitrogens with zero attached hydrogens (tertiary/aromatic N) is 2. The highest BCUT2D eigenvalue weighted by molar-refractivity contribution is 6.22. The molecular weight excluding hydrogens is 569 g/mol. The number of fused-ring (bicyclic) bond motifs is 3. The smallest absolute Gasteiger partial charge is 0.145 e. The third-order valence-electron chi connectivity index (χ3n) is 8.90. The van der Waals surface area contributed by atoms with Crippen LogP contribution in [-0.2, 0) is 0 Å². The fourth-order valence-corrected chi connectivity index (χ4v) is 6.80. The average Bonchev–Trinajstić information content (AvgIpc) is 3.58. The second-order valence-electron chi connectivity index (χ2n) is 11.6. The normalized spacial score (nSPS) is 12.9. The second kappa shape index (κ2) is 11.3. The summed E-state index contributed by atoms with van der Waals surface area (Å²) in [6, 6.07) is 50.2. The van der Waals surface area contributed by atoms with E-state index in [1.165, 1.54) is 5.56 Å². The predicted octanol–water partition coefficient (Wildman–Crippen LogP) is 12.0. The van der Waals surface area contributed by atoms with Crippen molar-refractivity contribution in [2.45, 2.75) is 0 Å². The van der Waals surface area contributed by atoms with Crippen molar-refractivity contribution in [1.29, 1.82) is 0 Å². The molecule has 0 unspecified atom stereocenters. The van der Waals surface area contributed by atoms with Crippen LogP contribution in [0, 0.1) is 0 Å². The molecular formula is C45H30N2. The van der Waals surface area contributed by atoms with E-state index in [2.05, 4.69) is 103 Å². The van der Waals surface area contributed by atoms with Gasteiger partial charge in [-0.2, -0.15) is 0 Å². The minimum Gasteiger partial charge on any atom is -0.292 e. The van der Waals surface area contributed by atoms with Gasteiger partial charge in [-0.05, 0) is 85.2 Å². The van der Waals surface area contributed by atoms with Crippen molar-refractivity contribution in [2.24, 2.45) is 0 Å². The third-order valence-corrected chi connectivity index (χ3v) is 8.90. The Kier molecular flexibility index (Phi) is 5.35. The van der Waals surface area contributed by atoms with Crippen molar-refractivity contribution < 1.29 is 6.85 Å². The minimum absolute atomic E-state index is 0.0708. The van der Waals surface area contributed by atoms with Gasteiger partial charge in [-0.25, -0.2) is 4.98 Å². The highest BCUT2D eigenvalue weighted by Crippen LogP contribution is 2.45. The van der Waals surface area contributed by atoms with E-state index in [0.717, 1.165) is 54.9 Å². The molecule has 0 saturated heterocycles. The zero-order valence-electron chi connectivity index (χ0n) is 30.3. The zero-order valence-corrected chi connectivity index (χ0v) is 25.3. The second-order valence-corrected chi connectivity index (χ2v) is 11.6. The van der Waals surface area contributed by atoms with Gasteiger partial charge in [0.1, 0.15) is 5.82 Å². The summed E-state index contributed by atoms with van der Waals surface area (Å²) < 4.78 is 44.1. The maximum atomic E-state index is 8.77. The lowest BCUT2D eigenvalue weighted by atomic mass is 9.84. The summed E-state index contributed by atoms with van der Waals surface area (Å²) in [4.78, 5) is 4.94.